The van der Waals surface area contributed by atoms with Gasteiger partial charge in [0.15, 0.2) is 0 Å². The molecule has 5 N–H and O–H groups in total. The minimum absolute atomic E-state index is 0.0144. The van der Waals surface area contributed by atoms with Crippen LogP contribution in [0.4, 0.5) is 0 Å². The van der Waals surface area contributed by atoms with Crippen LogP contribution in [0.2, 0.25) is 0 Å². The van der Waals surface area contributed by atoms with Gasteiger partial charge in [0.2, 0.25) is 11.8 Å². The van der Waals surface area contributed by atoms with Crippen LogP contribution in [0.5, 0.6) is 0 Å². The molecule has 0 radical (unpaired) electrons. The van der Waals surface area contributed by atoms with Gasteiger partial charge >= 0.3 is 0 Å². The molecule has 2 amide bonds. The molecule has 1 aliphatic heterocycles. The van der Waals surface area contributed by atoms with Gasteiger partial charge in [-0.25, -0.2) is 0 Å². The molecule has 1 heterocycles. The second-order valence-electron chi connectivity index (χ2n) is 6.98. The van der Waals surface area contributed by atoms with E-state index in [4.69, 9.17) is 16.2 Å². The van der Waals surface area contributed by atoms with Crippen LogP contribution in [0.15, 0.2) is 0 Å². The summed E-state index contributed by atoms with van der Waals surface area (Å²) in [7, 11) is 0. The minimum atomic E-state index is -0.656. The van der Waals surface area contributed by atoms with E-state index in [1.165, 1.54) is 6.42 Å². The quantitative estimate of drug-likeness (QED) is 0.670. The number of hydrogen-bond donors (Lipinski definition) is 3. The average Bonchev–Trinajstić information content (AvgIpc) is 2.54. The number of primary amides is 1. The van der Waals surface area contributed by atoms with Crippen LogP contribution in [-0.4, -0.2) is 38.1 Å². The molecule has 2 aliphatic rings. The molecule has 6 heteroatoms. The van der Waals surface area contributed by atoms with Crippen LogP contribution in [0.1, 0.15) is 51.4 Å². The van der Waals surface area contributed by atoms with Gasteiger partial charge in [0, 0.05) is 26.2 Å². The molecule has 0 unspecified atom stereocenters. The van der Waals surface area contributed by atoms with Crippen molar-refractivity contribution in [2.75, 3.05) is 26.3 Å². The lowest BCUT2D eigenvalue weighted by atomic mass is 9.71. The highest BCUT2D eigenvalue weighted by Crippen LogP contribution is 2.38. The molecule has 22 heavy (non-hydrogen) atoms. The smallest absolute Gasteiger partial charge is 0.225 e. The number of ether oxygens (including phenoxy) is 1. The van der Waals surface area contributed by atoms with Crippen LogP contribution in [-0.2, 0) is 14.3 Å². The largest absolute Gasteiger partial charge is 0.381 e. The summed E-state index contributed by atoms with van der Waals surface area (Å²) in [6, 6.07) is 0. The van der Waals surface area contributed by atoms with E-state index in [0.29, 0.717) is 45.6 Å². The summed E-state index contributed by atoms with van der Waals surface area (Å²) in [5, 5.41) is 2.93. The van der Waals surface area contributed by atoms with E-state index in [1.54, 1.807) is 0 Å². The van der Waals surface area contributed by atoms with Gasteiger partial charge in [0.1, 0.15) is 0 Å². The summed E-state index contributed by atoms with van der Waals surface area (Å²) in [6.45, 7) is 1.90. The number of carbonyl (C=O) groups excluding carboxylic acids is 2. The Morgan fingerprint density at radius 3 is 2.23 bits per heavy atom. The Morgan fingerprint density at radius 1 is 1.05 bits per heavy atom. The molecule has 1 saturated heterocycles. The third kappa shape index (κ3) is 3.98. The van der Waals surface area contributed by atoms with Gasteiger partial charge < -0.3 is 21.5 Å². The highest BCUT2D eigenvalue weighted by molar-refractivity contribution is 5.83. The van der Waals surface area contributed by atoms with E-state index >= 15 is 0 Å². The normalized spacial score (nSPS) is 23.7. The van der Waals surface area contributed by atoms with Crippen molar-refractivity contribution >= 4 is 11.8 Å². The zero-order valence-corrected chi connectivity index (χ0v) is 13.4. The first-order valence-corrected chi connectivity index (χ1v) is 8.36. The van der Waals surface area contributed by atoms with Gasteiger partial charge in [0.05, 0.1) is 5.41 Å². The molecule has 0 aromatic heterocycles. The molecule has 1 saturated carbocycles. The maximum absolute atomic E-state index is 12.3. The fourth-order valence-electron chi connectivity index (χ4n) is 3.70. The molecule has 2 fully saturated rings. The number of nitrogens with two attached hydrogens (primary N) is 2. The first kappa shape index (κ1) is 17.2. The summed E-state index contributed by atoms with van der Waals surface area (Å²) < 4.78 is 5.30. The van der Waals surface area contributed by atoms with Gasteiger partial charge in [-0.3, -0.25) is 9.59 Å². The van der Waals surface area contributed by atoms with Gasteiger partial charge in [-0.15, -0.1) is 0 Å². The molecule has 0 aromatic carbocycles. The Labute approximate surface area is 132 Å². The minimum Gasteiger partial charge on any atom is -0.381 e. The topological polar surface area (TPSA) is 107 Å². The van der Waals surface area contributed by atoms with Gasteiger partial charge in [-0.2, -0.15) is 0 Å². The lowest BCUT2D eigenvalue weighted by Gasteiger charge is -2.37. The molecule has 2 rings (SSSR count). The Hall–Kier alpha value is -1.14. The van der Waals surface area contributed by atoms with E-state index in [2.05, 4.69) is 5.32 Å². The van der Waals surface area contributed by atoms with Crippen LogP contribution >= 0.6 is 0 Å². The molecule has 0 aromatic rings. The molecule has 0 bridgehead atoms. The van der Waals surface area contributed by atoms with Crippen molar-refractivity contribution in [3.63, 3.8) is 0 Å². The van der Waals surface area contributed by atoms with Crippen molar-refractivity contribution in [3.05, 3.63) is 0 Å². The summed E-state index contributed by atoms with van der Waals surface area (Å²) >= 11 is 0. The standard InChI is InChI=1S/C16H29N3O3/c17-11-15(4-2-1-3-5-15)10-13(20)19-12-16(14(18)21)6-8-22-9-7-16/h1-12,17H2,(H2,18,21)(H,19,20). The maximum atomic E-state index is 12.3. The van der Waals surface area contributed by atoms with Crippen molar-refractivity contribution < 1.29 is 14.3 Å². The Kier molecular flexibility index (Phi) is 5.81. The first-order chi connectivity index (χ1) is 10.5. The summed E-state index contributed by atoms with van der Waals surface area (Å²) in [6.07, 6.45) is 7.16. The first-order valence-electron chi connectivity index (χ1n) is 8.36. The third-order valence-corrected chi connectivity index (χ3v) is 5.48. The van der Waals surface area contributed by atoms with E-state index < -0.39 is 5.41 Å². The van der Waals surface area contributed by atoms with E-state index in [-0.39, 0.29) is 17.2 Å². The van der Waals surface area contributed by atoms with Crippen molar-refractivity contribution in [2.45, 2.75) is 51.4 Å². The Morgan fingerprint density at radius 2 is 1.68 bits per heavy atom. The fraction of sp³-hybridized carbons (Fsp3) is 0.875. The van der Waals surface area contributed by atoms with Gasteiger partial charge in [-0.05, 0) is 37.6 Å². The number of amides is 2. The summed E-state index contributed by atoms with van der Waals surface area (Å²) in [4.78, 5) is 24.1. The average molecular weight is 311 g/mol. The molecule has 1 aliphatic carbocycles. The predicted octanol–water partition coefficient (Wildman–Crippen LogP) is 0.684. The maximum Gasteiger partial charge on any atom is 0.225 e. The number of hydrogen-bond acceptors (Lipinski definition) is 4. The second-order valence-corrected chi connectivity index (χ2v) is 6.98. The number of rotatable bonds is 6. The molecule has 126 valence electrons. The molecular weight excluding hydrogens is 282 g/mol. The summed E-state index contributed by atoms with van der Waals surface area (Å²) in [5.41, 5.74) is 10.8. The van der Waals surface area contributed by atoms with Crippen LogP contribution in [0.3, 0.4) is 0 Å². The molecular formula is C16H29N3O3. The SMILES string of the molecule is NCC1(CC(=O)NCC2(C(N)=O)CCOCC2)CCCCC1. The lowest BCUT2D eigenvalue weighted by Crippen LogP contribution is -2.50. The van der Waals surface area contributed by atoms with Crippen molar-refractivity contribution in [3.8, 4) is 0 Å². The monoisotopic (exact) mass is 311 g/mol. The lowest BCUT2D eigenvalue weighted by molar-refractivity contribution is -0.134. The third-order valence-electron chi connectivity index (χ3n) is 5.48. The van der Waals surface area contributed by atoms with E-state index in [1.807, 2.05) is 0 Å². The zero-order valence-electron chi connectivity index (χ0n) is 13.4. The highest BCUT2D eigenvalue weighted by atomic mass is 16.5. The molecule has 0 atom stereocenters. The van der Waals surface area contributed by atoms with Crippen LogP contribution in [0, 0.1) is 10.8 Å². The van der Waals surface area contributed by atoms with E-state index in [0.717, 1.165) is 25.7 Å². The number of carbonyl (C=O) groups is 2. The van der Waals surface area contributed by atoms with Crippen molar-refractivity contribution in [2.24, 2.45) is 22.3 Å². The van der Waals surface area contributed by atoms with Crippen molar-refractivity contribution in [1.82, 2.24) is 5.32 Å². The Bertz CT molecular complexity index is 399. The van der Waals surface area contributed by atoms with Gasteiger partial charge in [0.25, 0.3) is 0 Å². The van der Waals surface area contributed by atoms with Gasteiger partial charge in [-0.1, -0.05) is 19.3 Å². The van der Waals surface area contributed by atoms with Crippen LogP contribution in [0.25, 0.3) is 0 Å². The number of nitrogens with one attached hydrogen (secondary N) is 1. The summed E-state index contributed by atoms with van der Waals surface area (Å²) in [5.74, 6) is -0.359. The van der Waals surface area contributed by atoms with Crippen molar-refractivity contribution in [1.29, 1.82) is 0 Å². The fourth-order valence-corrected chi connectivity index (χ4v) is 3.70. The van der Waals surface area contributed by atoms with Crippen LogP contribution < -0.4 is 16.8 Å². The predicted molar refractivity (Wildman–Crippen MR) is 83.9 cm³/mol. The van der Waals surface area contributed by atoms with E-state index in [9.17, 15) is 9.59 Å². The Balaban J connectivity index is 1.89. The zero-order chi connectivity index (χ0) is 16.1. The molecule has 6 nitrogen and oxygen atoms in total. The molecule has 0 spiro atoms. The second kappa shape index (κ2) is 7.42. The highest BCUT2D eigenvalue weighted by Gasteiger charge is 2.39.